The van der Waals surface area contributed by atoms with Crippen LogP contribution < -0.4 is 10.2 Å². The summed E-state index contributed by atoms with van der Waals surface area (Å²) in [6.07, 6.45) is 7.43. The topological polar surface area (TPSA) is 28.2 Å². The van der Waals surface area contributed by atoms with E-state index in [-0.39, 0.29) is 5.82 Å². The Morgan fingerprint density at radius 2 is 2.16 bits per heavy atom. The van der Waals surface area contributed by atoms with Gasteiger partial charge in [0, 0.05) is 25.2 Å². The molecule has 0 aliphatic heterocycles. The van der Waals surface area contributed by atoms with Crippen LogP contribution in [0.4, 0.5) is 10.2 Å². The van der Waals surface area contributed by atoms with E-state index in [1.807, 2.05) is 0 Å². The van der Waals surface area contributed by atoms with Gasteiger partial charge in [-0.05, 0) is 31.9 Å². The van der Waals surface area contributed by atoms with E-state index in [0.29, 0.717) is 12.6 Å². The van der Waals surface area contributed by atoms with Crippen molar-refractivity contribution < 1.29 is 4.39 Å². The fraction of sp³-hybridized carbons (Fsp3) is 0.667. The van der Waals surface area contributed by atoms with Gasteiger partial charge >= 0.3 is 0 Å². The molecule has 0 spiro atoms. The fourth-order valence-electron chi connectivity index (χ4n) is 2.79. The maximum absolute atomic E-state index is 13.4. The van der Waals surface area contributed by atoms with Gasteiger partial charge in [0.2, 0.25) is 0 Å². The molecule has 1 aliphatic carbocycles. The zero-order valence-corrected chi connectivity index (χ0v) is 12.0. The van der Waals surface area contributed by atoms with Crippen molar-refractivity contribution in [2.24, 2.45) is 0 Å². The van der Waals surface area contributed by atoms with Gasteiger partial charge in [-0.1, -0.05) is 19.8 Å². The maximum Gasteiger partial charge on any atom is 0.141 e. The number of nitrogens with zero attached hydrogens (tertiary/aromatic N) is 2. The van der Waals surface area contributed by atoms with Gasteiger partial charge in [0.05, 0.1) is 6.20 Å². The summed E-state index contributed by atoms with van der Waals surface area (Å²) in [5, 5.41) is 3.33. The van der Waals surface area contributed by atoms with E-state index in [1.54, 1.807) is 6.07 Å². The number of halogens is 1. The van der Waals surface area contributed by atoms with E-state index in [9.17, 15) is 4.39 Å². The highest BCUT2D eigenvalue weighted by Gasteiger charge is 2.22. The largest absolute Gasteiger partial charge is 0.356 e. The van der Waals surface area contributed by atoms with Crippen LogP contribution in [0.2, 0.25) is 0 Å². The molecule has 1 aromatic rings. The molecule has 106 valence electrons. The van der Waals surface area contributed by atoms with Gasteiger partial charge in [-0.15, -0.1) is 0 Å². The number of aromatic nitrogens is 1. The molecular formula is C15H24FN3. The minimum Gasteiger partial charge on any atom is -0.356 e. The average molecular weight is 265 g/mol. The summed E-state index contributed by atoms with van der Waals surface area (Å²) in [7, 11) is 2.08. The highest BCUT2D eigenvalue weighted by Crippen LogP contribution is 2.28. The molecule has 0 unspecified atom stereocenters. The molecule has 1 heterocycles. The summed E-state index contributed by atoms with van der Waals surface area (Å²) in [6.45, 7) is 3.76. The summed E-state index contributed by atoms with van der Waals surface area (Å²) < 4.78 is 13.4. The lowest BCUT2D eigenvalue weighted by Gasteiger charge is -2.27. The number of rotatable bonds is 6. The van der Waals surface area contributed by atoms with Crippen LogP contribution in [0.3, 0.4) is 0 Å². The first-order valence-electron chi connectivity index (χ1n) is 7.30. The Morgan fingerprint density at radius 3 is 2.84 bits per heavy atom. The Kier molecular flexibility index (Phi) is 5.14. The van der Waals surface area contributed by atoms with Gasteiger partial charge in [0.15, 0.2) is 0 Å². The average Bonchev–Trinajstić information content (AvgIpc) is 2.92. The van der Waals surface area contributed by atoms with Crippen molar-refractivity contribution in [3.8, 4) is 0 Å². The van der Waals surface area contributed by atoms with Gasteiger partial charge in [-0.2, -0.15) is 0 Å². The van der Waals surface area contributed by atoms with Crippen molar-refractivity contribution in [3.05, 3.63) is 23.6 Å². The molecule has 19 heavy (non-hydrogen) atoms. The predicted octanol–water partition coefficient (Wildman–Crippen LogP) is 3.10. The normalized spacial score (nSPS) is 15.9. The maximum atomic E-state index is 13.4. The van der Waals surface area contributed by atoms with Gasteiger partial charge in [-0.25, -0.2) is 9.37 Å². The Bertz CT molecular complexity index is 402. The highest BCUT2D eigenvalue weighted by atomic mass is 19.1. The monoisotopic (exact) mass is 265 g/mol. The van der Waals surface area contributed by atoms with Crippen molar-refractivity contribution >= 4 is 5.82 Å². The summed E-state index contributed by atoms with van der Waals surface area (Å²) in [5.74, 6) is 0.675. The Morgan fingerprint density at radius 1 is 1.42 bits per heavy atom. The molecular weight excluding hydrogens is 241 g/mol. The van der Waals surface area contributed by atoms with E-state index in [0.717, 1.165) is 24.3 Å². The van der Waals surface area contributed by atoms with Crippen LogP contribution in [-0.4, -0.2) is 24.6 Å². The van der Waals surface area contributed by atoms with Crippen LogP contribution in [0, 0.1) is 5.82 Å². The van der Waals surface area contributed by atoms with Crippen LogP contribution in [0.15, 0.2) is 12.3 Å². The van der Waals surface area contributed by atoms with E-state index in [4.69, 9.17) is 0 Å². The molecule has 1 N–H and O–H groups in total. The molecule has 0 aromatic carbocycles. The number of pyridine rings is 1. The van der Waals surface area contributed by atoms with Crippen LogP contribution in [0.25, 0.3) is 0 Å². The Labute approximate surface area is 115 Å². The van der Waals surface area contributed by atoms with Crippen molar-refractivity contribution in [2.75, 3.05) is 18.5 Å². The molecule has 4 heteroatoms. The second kappa shape index (κ2) is 6.85. The molecule has 3 nitrogen and oxygen atoms in total. The third kappa shape index (κ3) is 3.66. The highest BCUT2D eigenvalue weighted by molar-refractivity contribution is 5.47. The number of anilines is 1. The predicted molar refractivity (Wildman–Crippen MR) is 76.9 cm³/mol. The molecule has 0 saturated heterocycles. The standard InChI is InChI=1S/C15H24FN3/c1-3-8-17-10-12-9-13(16)11-18-15(12)19(2)14-6-4-5-7-14/h9,11,14,17H,3-8,10H2,1-2H3. The SMILES string of the molecule is CCCNCc1cc(F)cnc1N(C)C1CCCC1. The first-order valence-corrected chi connectivity index (χ1v) is 7.30. The zero-order valence-electron chi connectivity index (χ0n) is 12.0. The Balaban J connectivity index is 2.12. The molecule has 0 atom stereocenters. The summed E-state index contributed by atoms with van der Waals surface area (Å²) >= 11 is 0. The quantitative estimate of drug-likeness (QED) is 0.801. The van der Waals surface area contributed by atoms with Gasteiger partial charge in [0.25, 0.3) is 0 Å². The number of nitrogens with one attached hydrogen (secondary N) is 1. The van der Waals surface area contributed by atoms with Crippen LogP contribution in [0.1, 0.15) is 44.6 Å². The van der Waals surface area contributed by atoms with Crippen LogP contribution >= 0.6 is 0 Å². The van der Waals surface area contributed by atoms with E-state index in [1.165, 1.54) is 31.9 Å². The van der Waals surface area contributed by atoms with Crippen molar-refractivity contribution in [1.29, 1.82) is 0 Å². The number of hydrogen-bond acceptors (Lipinski definition) is 3. The fourth-order valence-corrected chi connectivity index (χ4v) is 2.79. The lowest BCUT2D eigenvalue weighted by atomic mass is 10.1. The minimum atomic E-state index is -0.253. The van der Waals surface area contributed by atoms with Gasteiger partial charge in [-0.3, -0.25) is 0 Å². The summed E-state index contributed by atoms with van der Waals surface area (Å²) in [5.41, 5.74) is 0.961. The lowest BCUT2D eigenvalue weighted by molar-refractivity contribution is 0.600. The third-order valence-corrected chi connectivity index (χ3v) is 3.86. The zero-order chi connectivity index (χ0) is 13.7. The molecule has 0 bridgehead atoms. The van der Waals surface area contributed by atoms with Crippen LogP contribution in [-0.2, 0) is 6.54 Å². The minimum absolute atomic E-state index is 0.253. The van der Waals surface area contributed by atoms with Crippen molar-refractivity contribution in [3.63, 3.8) is 0 Å². The molecule has 0 radical (unpaired) electrons. The second-order valence-electron chi connectivity index (χ2n) is 5.36. The van der Waals surface area contributed by atoms with E-state index >= 15 is 0 Å². The number of hydrogen-bond donors (Lipinski definition) is 1. The third-order valence-electron chi connectivity index (χ3n) is 3.86. The summed E-state index contributed by atoms with van der Waals surface area (Å²) in [4.78, 5) is 6.54. The molecule has 1 aromatic heterocycles. The summed E-state index contributed by atoms with van der Waals surface area (Å²) in [6, 6.07) is 2.17. The van der Waals surface area contributed by atoms with Gasteiger partial charge < -0.3 is 10.2 Å². The van der Waals surface area contributed by atoms with Crippen molar-refractivity contribution in [2.45, 2.75) is 51.6 Å². The lowest BCUT2D eigenvalue weighted by Crippen LogP contribution is -2.31. The molecule has 2 rings (SSSR count). The Hall–Kier alpha value is -1.16. The smallest absolute Gasteiger partial charge is 0.141 e. The van der Waals surface area contributed by atoms with Gasteiger partial charge in [0.1, 0.15) is 11.6 Å². The van der Waals surface area contributed by atoms with Crippen molar-refractivity contribution in [1.82, 2.24) is 10.3 Å². The van der Waals surface area contributed by atoms with E-state index in [2.05, 4.69) is 29.2 Å². The second-order valence-corrected chi connectivity index (χ2v) is 5.36. The molecule has 1 saturated carbocycles. The first-order chi connectivity index (χ1) is 9.22. The molecule has 0 amide bonds. The molecule has 1 fully saturated rings. The van der Waals surface area contributed by atoms with Crippen LogP contribution in [0.5, 0.6) is 0 Å². The molecule has 1 aliphatic rings. The first kappa shape index (κ1) is 14.3. The van der Waals surface area contributed by atoms with E-state index < -0.39 is 0 Å².